The van der Waals surface area contributed by atoms with Crippen molar-refractivity contribution in [2.45, 2.75) is 13.8 Å². The fourth-order valence-corrected chi connectivity index (χ4v) is 4.67. The Bertz CT molecular complexity index is 1590. The van der Waals surface area contributed by atoms with E-state index < -0.39 is 23.8 Å². The van der Waals surface area contributed by atoms with Gasteiger partial charge in [-0.3, -0.25) is 19.7 Å². The van der Waals surface area contributed by atoms with E-state index in [4.69, 9.17) is 32.7 Å². The van der Waals surface area contributed by atoms with Gasteiger partial charge in [0.15, 0.2) is 18.1 Å². The molecule has 1 aliphatic rings. The second-order valence-electron chi connectivity index (χ2n) is 8.73. The molecule has 12 heteroatoms. The maximum Gasteiger partial charge on any atom is 0.335 e. The second-order valence-corrected chi connectivity index (χ2v) is 10.4. The van der Waals surface area contributed by atoms with E-state index >= 15 is 0 Å². The standard InChI is InChI=1S/C28H22BrCl2N3O6/c1-14-4-6-18(8-15(14)2)34-27(37)19(26(36)33-28(34)38)9-16-10-20(29)25(23(11-16)39-3)40-13-24(35)32-17-5-7-21(30)22(31)12-17/h4-12H,13H2,1-3H3,(H,32,35)(H,33,36,38)/b19-9-. The summed E-state index contributed by atoms with van der Waals surface area (Å²) in [7, 11) is 1.40. The molecule has 0 radical (unpaired) electrons. The summed E-state index contributed by atoms with van der Waals surface area (Å²) >= 11 is 15.3. The van der Waals surface area contributed by atoms with Crippen LogP contribution < -0.4 is 25.0 Å². The van der Waals surface area contributed by atoms with Gasteiger partial charge in [0.25, 0.3) is 17.7 Å². The lowest BCUT2D eigenvalue weighted by Gasteiger charge is -2.27. The molecule has 3 aromatic rings. The van der Waals surface area contributed by atoms with Gasteiger partial charge < -0.3 is 14.8 Å². The highest BCUT2D eigenvalue weighted by molar-refractivity contribution is 9.10. The highest BCUT2D eigenvalue weighted by Gasteiger charge is 2.37. The van der Waals surface area contributed by atoms with Crippen LogP contribution in [0.15, 0.2) is 58.6 Å². The van der Waals surface area contributed by atoms with E-state index in [-0.39, 0.29) is 23.7 Å². The topological polar surface area (TPSA) is 114 Å². The first-order chi connectivity index (χ1) is 19.0. The number of halogens is 3. The smallest absolute Gasteiger partial charge is 0.335 e. The molecule has 9 nitrogen and oxygen atoms in total. The number of barbiturate groups is 1. The Labute approximate surface area is 248 Å². The predicted molar refractivity (Wildman–Crippen MR) is 156 cm³/mol. The molecule has 5 amide bonds. The van der Waals surface area contributed by atoms with Gasteiger partial charge in [0.1, 0.15) is 5.57 Å². The molecule has 206 valence electrons. The van der Waals surface area contributed by atoms with E-state index in [0.717, 1.165) is 16.0 Å². The van der Waals surface area contributed by atoms with E-state index in [1.165, 1.54) is 25.3 Å². The first-order valence-electron chi connectivity index (χ1n) is 11.7. The number of ether oxygens (including phenoxy) is 2. The molecule has 1 fully saturated rings. The molecule has 0 atom stereocenters. The lowest BCUT2D eigenvalue weighted by molar-refractivity contribution is -0.122. The molecule has 0 bridgehead atoms. The molecule has 0 saturated carbocycles. The van der Waals surface area contributed by atoms with E-state index in [1.807, 2.05) is 13.8 Å². The molecule has 1 aliphatic heterocycles. The molecular formula is C28H22BrCl2N3O6. The number of urea groups is 1. The van der Waals surface area contributed by atoms with Crippen molar-refractivity contribution in [1.82, 2.24) is 5.32 Å². The van der Waals surface area contributed by atoms with Crippen LogP contribution in [0.3, 0.4) is 0 Å². The largest absolute Gasteiger partial charge is 0.493 e. The first kappa shape index (κ1) is 29.1. The van der Waals surface area contributed by atoms with Crippen molar-refractivity contribution in [2.24, 2.45) is 0 Å². The molecule has 4 rings (SSSR count). The Kier molecular flexibility index (Phi) is 8.82. The van der Waals surface area contributed by atoms with Crippen LogP contribution in [0.1, 0.15) is 16.7 Å². The van der Waals surface area contributed by atoms with Crippen molar-refractivity contribution in [3.8, 4) is 11.5 Å². The Morgan fingerprint density at radius 1 is 1.02 bits per heavy atom. The lowest BCUT2D eigenvalue weighted by Crippen LogP contribution is -2.54. The fourth-order valence-electron chi connectivity index (χ4n) is 3.80. The molecule has 2 N–H and O–H groups in total. The minimum atomic E-state index is -0.836. The summed E-state index contributed by atoms with van der Waals surface area (Å²) in [6, 6.07) is 12.1. The van der Waals surface area contributed by atoms with Crippen molar-refractivity contribution in [1.29, 1.82) is 0 Å². The van der Waals surface area contributed by atoms with Gasteiger partial charge in [0.05, 0.1) is 27.3 Å². The molecule has 0 unspecified atom stereocenters. The molecular weight excluding hydrogens is 625 g/mol. The normalized spacial score (nSPS) is 14.3. The van der Waals surface area contributed by atoms with Gasteiger partial charge in [0.2, 0.25) is 0 Å². The number of hydrogen-bond donors (Lipinski definition) is 2. The average Bonchev–Trinajstić information content (AvgIpc) is 2.89. The van der Waals surface area contributed by atoms with Gasteiger partial charge in [-0.1, -0.05) is 29.3 Å². The zero-order chi connectivity index (χ0) is 29.1. The van der Waals surface area contributed by atoms with Crippen LogP contribution in [0.2, 0.25) is 10.0 Å². The number of imide groups is 2. The Morgan fingerprint density at radius 2 is 1.77 bits per heavy atom. The highest BCUT2D eigenvalue weighted by atomic mass is 79.9. The van der Waals surface area contributed by atoms with E-state index in [1.54, 1.807) is 36.4 Å². The number of amides is 5. The van der Waals surface area contributed by atoms with Crippen LogP contribution >= 0.6 is 39.1 Å². The van der Waals surface area contributed by atoms with Crippen LogP contribution in [-0.2, 0) is 14.4 Å². The number of carbonyl (C=O) groups is 4. The van der Waals surface area contributed by atoms with Crippen molar-refractivity contribution in [3.05, 3.63) is 85.3 Å². The molecule has 0 spiro atoms. The summed E-state index contributed by atoms with van der Waals surface area (Å²) in [6.07, 6.45) is 1.34. The monoisotopic (exact) mass is 645 g/mol. The Balaban J connectivity index is 1.56. The lowest BCUT2D eigenvalue weighted by atomic mass is 10.0. The van der Waals surface area contributed by atoms with Gasteiger partial charge in [-0.05, 0) is 95.0 Å². The molecule has 40 heavy (non-hydrogen) atoms. The van der Waals surface area contributed by atoms with E-state index in [9.17, 15) is 19.2 Å². The third-order valence-electron chi connectivity index (χ3n) is 5.96. The average molecular weight is 647 g/mol. The summed E-state index contributed by atoms with van der Waals surface area (Å²) in [4.78, 5) is 51.8. The summed E-state index contributed by atoms with van der Waals surface area (Å²) in [6.45, 7) is 3.41. The number of aryl methyl sites for hydroxylation is 2. The summed E-state index contributed by atoms with van der Waals surface area (Å²) in [5.41, 5.74) is 2.82. The quantitative estimate of drug-likeness (QED) is 0.238. The number of methoxy groups -OCH3 is 1. The first-order valence-corrected chi connectivity index (χ1v) is 13.3. The molecule has 0 aromatic heterocycles. The maximum atomic E-state index is 13.3. The van der Waals surface area contributed by atoms with Crippen LogP contribution in [0, 0.1) is 13.8 Å². The summed E-state index contributed by atoms with van der Waals surface area (Å²) < 4.78 is 11.5. The molecule has 1 heterocycles. The van der Waals surface area contributed by atoms with Crippen molar-refractivity contribution in [3.63, 3.8) is 0 Å². The van der Waals surface area contributed by atoms with Crippen molar-refractivity contribution < 1.29 is 28.7 Å². The minimum absolute atomic E-state index is 0.222. The van der Waals surface area contributed by atoms with Crippen LogP contribution in [0.4, 0.5) is 16.2 Å². The number of nitrogens with zero attached hydrogens (tertiary/aromatic N) is 1. The Morgan fingerprint density at radius 3 is 2.45 bits per heavy atom. The number of rotatable bonds is 7. The zero-order valence-corrected chi connectivity index (χ0v) is 24.5. The van der Waals surface area contributed by atoms with Crippen LogP contribution in [0.5, 0.6) is 11.5 Å². The van der Waals surface area contributed by atoms with E-state index in [0.29, 0.717) is 31.5 Å². The number of nitrogens with one attached hydrogen (secondary N) is 2. The Hall–Kier alpha value is -3.86. The zero-order valence-electron chi connectivity index (χ0n) is 21.4. The highest BCUT2D eigenvalue weighted by Crippen LogP contribution is 2.37. The molecule has 1 saturated heterocycles. The summed E-state index contributed by atoms with van der Waals surface area (Å²) in [5, 5.41) is 5.51. The number of carbonyl (C=O) groups excluding carboxylic acids is 4. The van der Waals surface area contributed by atoms with Crippen LogP contribution in [-0.4, -0.2) is 37.5 Å². The number of hydrogen-bond acceptors (Lipinski definition) is 6. The van der Waals surface area contributed by atoms with Gasteiger partial charge in [-0.25, -0.2) is 9.69 Å². The third kappa shape index (κ3) is 6.30. The summed E-state index contributed by atoms with van der Waals surface area (Å²) in [5.74, 6) is -1.61. The number of benzene rings is 3. The second kappa shape index (κ2) is 12.1. The SMILES string of the molecule is COc1cc(/C=C2/C(=O)NC(=O)N(c3ccc(C)c(C)c3)C2=O)cc(Br)c1OCC(=O)Nc1ccc(Cl)c(Cl)c1. The van der Waals surface area contributed by atoms with Gasteiger partial charge in [-0.2, -0.15) is 0 Å². The van der Waals surface area contributed by atoms with Gasteiger partial charge in [0, 0.05) is 5.69 Å². The van der Waals surface area contributed by atoms with Crippen molar-refractivity contribution in [2.75, 3.05) is 23.9 Å². The molecule has 0 aliphatic carbocycles. The molecule has 3 aromatic carbocycles. The van der Waals surface area contributed by atoms with Crippen molar-refractivity contribution >= 4 is 80.3 Å². The number of anilines is 2. The fraction of sp³-hybridized carbons (Fsp3) is 0.143. The van der Waals surface area contributed by atoms with Crippen LogP contribution in [0.25, 0.3) is 6.08 Å². The van der Waals surface area contributed by atoms with Gasteiger partial charge in [-0.15, -0.1) is 0 Å². The predicted octanol–water partition coefficient (Wildman–Crippen LogP) is 6.07. The maximum absolute atomic E-state index is 13.3. The third-order valence-corrected chi connectivity index (χ3v) is 7.29. The minimum Gasteiger partial charge on any atom is -0.493 e. The van der Waals surface area contributed by atoms with E-state index in [2.05, 4.69) is 26.6 Å². The van der Waals surface area contributed by atoms with Gasteiger partial charge >= 0.3 is 6.03 Å².